The van der Waals surface area contributed by atoms with E-state index < -0.39 is 0 Å². The summed E-state index contributed by atoms with van der Waals surface area (Å²) in [6.45, 7) is 7.11. The van der Waals surface area contributed by atoms with Crippen LogP contribution in [0.1, 0.15) is 50.4 Å². The second-order valence-corrected chi connectivity index (χ2v) is 5.01. The number of hydrogen-bond acceptors (Lipinski definition) is 4. The highest BCUT2D eigenvalue weighted by Gasteiger charge is 2.20. The maximum Gasteiger partial charge on any atom is 0.255 e. The molecule has 6 nitrogen and oxygen atoms in total. The standard InChI is InChI=1S/C14H21N5O/c1-4-6-9-18(11(3)5-2)14(20)12-7-8-13-15-16-17-19(13)10-12/h7-8,10-11H,4-6,9H2,1-3H3/t11-/m0/s1. The summed E-state index contributed by atoms with van der Waals surface area (Å²) in [6.07, 6.45) is 4.73. The van der Waals surface area contributed by atoms with E-state index in [2.05, 4.69) is 36.3 Å². The third-order valence-electron chi connectivity index (χ3n) is 3.57. The van der Waals surface area contributed by atoms with Crippen molar-refractivity contribution in [2.45, 2.75) is 46.1 Å². The Bertz CT molecular complexity index is 580. The Morgan fingerprint density at radius 3 is 2.90 bits per heavy atom. The molecule has 0 aliphatic carbocycles. The molecule has 2 rings (SSSR count). The molecule has 108 valence electrons. The van der Waals surface area contributed by atoms with Crippen molar-refractivity contribution >= 4 is 11.6 Å². The van der Waals surface area contributed by atoms with Gasteiger partial charge in [-0.1, -0.05) is 20.3 Å². The monoisotopic (exact) mass is 275 g/mol. The van der Waals surface area contributed by atoms with Crippen LogP contribution in [-0.2, 0) is 0 Å². The SMILES string of the molecule is CCCCN(C(=O)c1ccc2nnnn2c1)[C@@H](C)CC. The van der Waals surface area contributed by atoms with Gasteiger partial charge in [0, 0.05) is 18.8 Å². The number of amides is 1. The van der Waals surface area contributed by atoms with Crippen LogP contribution in [0.5, 0.6) is 0 Å². The van der Waals surface area contributed by atoms with Crippen LogP contribution >= 0.6 is 0 Å². The minimum absolute atomic E-state index is 0.0465. The largest absolute Gasteiger partial charge is 0.336 e. The van der Waals surface area contributed by atoms with Crippen LogP contribution in [0.25, 0.3) is 5.65 Å². The summed E-state index contributed by atoms with van der Waals surface area (Å²) in [7, 11) is 0. The highest BCUT2D eigenvalue weighted by molar-refractivity contribution is 5.94. The van der Waals surface area contributed by atoms with E-state index in [9.17, 15) is 4.79 Å². The van der Waals surface area contributed by atoms with E-state index in [0.29, 0.717) is 11.2 Å². The van der Waals surface area contributed by atoms with Gasteiger partial charge in [-0.15, -0.1) is 5.10 Å². The Balaban J connectivity index is 2.24. The number of carbonyl (C=O) groups excluding carboxylic acids is 1. The third kappa shape index (κ3) is 2.95. The number of aromatic nitrogens is 4. The molecule has 2 aromatic heterocycles. The Morgan fingerprint density at radius 1 is 1.40 bits per heavy atom. The van der Waals surface area contributed by atoms with Crippen LogP contribution in [0.3, 0.4) is 0 Å². The fraction of sp³-hybridized carbons (Fsp3) is 0.571. The Hall–Kier alpha value is -1.98. The van der Waals surface area contributed by atoms with Gasteiger partial charge in [0.1, 0.15) is 0 Å². The normalized spacial score (nSPS) is 12.6. The van der Waals surface area contributed by atoms with E-state index in [0.717, 1.165) is 25.8 Å². The summed E-state index contributed by atoms with van der Waals surface area (Å²) in [5, 5.41) is 11.3. The smallest absolute Gasteiger partial charge is 0.255 e. The van der Waals surface area contributed by atoms with Crippen LogP contribution in [-0.4, -0.2) is 43.4 Å². The van der Waals surface area contributed by atoms with E-state index in [1.54, 1.807) is 18.3 Å². The number of tetrazole rings is 1. The van der Waals surface area contributed by atoms with Crippen molar-refractivity contribution in [1.29, 1.82) is 0 Å². The molecule has 1 amide bonds. The van der Waals surface area contributed by atoms with E-state index in [-0.39, 0.29) is 11.9 Å². The van der Waals surface area contributed by atoms with E-state index >= 15 is 0 Å². The number of pyridine rings is 1. The first-order valence-corrected chi connectivity index (χ1v) is 7.16. The second-order valence-electron chi connectivity index (χ2n) is 5.01. The quantitative estimate of drug-likeness (QED) is 0.810. The van der Waals surface area contributed by atoms with Gasteiger partial charge in [0.15, 0.2) is 5.65 Å². The zero-order chi connectivity index (χ0) is 14.5. The summed E-state index contributed by atoms with van der Waals surface area (Å²) in [5.41, 5.74) is 1.27. The maximum absolute atomic E-state index is 12.7. The molecule has 0 bridgehead atoms. The first-order valence-electron chi connectivity index (χ1n) is 7.16. The Labute approximate surface area is 118 Å². The maximum atomic E-state index is 12.7. The number of fused-ring (bicyclic) bond motifs is 1. The Morgan fingerprint density at radius 2 is 2.20 bits per heavy atom. The fourth-order valence-electron chi connectivity index (χ4n) is 2.10. The van der Waals surface area contributed by atoms with Gasteiger partial charge in [-0.05, 0) is 42.3 Å². The first kappa shape index (κ1) is 14.4. The van der Waals surface area contributed by atoms with Crippen molar-refractivity contribution in [2.24, 2.45) is 0 Å². The number of rotatable bonds is 6. The van der Waals surface area contributed by atoms with E-state index in [1.165, 1.54) is 4.52 Å². The minimum Gasteiger partial charge on any atom is -0.336 e. The molecule has 0 fully saturated rings. The fourth-order valence-corrected chi connectivity index (χ4v) is 2.10. The molecule has 2 heterocycles. The first-order chi connectivity index (χ1) is 9.67. The van der Waals surface area contributed by atoms with Crippen molar-refractivity contribution in [1.82, 2.24) is 24.9 Å². The molecule has 20 heavy (non-hydrogen) atoms. The van der Waals surface area contributed by atoms with Gasteiger partial charge in [0.05, 0.1) is 5.56 Å². The van der Waals surface area contributed by atoms with Crippen LogP contribution in [0.2, 0.25) is 0 Å². The molecule has 0 unspecified atom stereocenters. The van der Waals surface area contributed by atoms with E-state index in [4.69, 9.17) is 0 Å². The molecule has 0 aliphatic rings. The molecule has 0 N–H and O–H groups in total. The van der Waals surface area contributed by atoms with Gasteiger partial charge < -0.3 is 4.90 Å². The summed E-state index contributed by atoms with van der Waals surface area (Å²) >= 11 is 0. The van der Waals surface area contributed by atoms with Gasteiger partial charge in [0.25, 0.3) is 5.91 Å². The summed E-state index contributed by atoms with van der Waals surface area (Å²) in [4.78, 5) is 14.6. The molecule has 0 radical (unpaired) electrons. The molecule has 6 heteroatoms. The molecule has 0 spiro atoms. The molecule has 2 aromatic rings. The number of hydrogen-bond donors (Lipinski definition) is 0. The van der Waals surface area contributed by atoms with Crippen molar-refractivity contribution in [3.8, 4) is 0 Å². The summed E-state index contributed by atoms with van der Waals surface area (Å²) < 4.78 is 1.53. The second kappa shape index (κ2) is 6.45. The van der Waals surface area contributed by atoms with Crippen LogP contribution in [0.4, 0.5) is 0 Å². The lowest BCUT2D eigenvalue weighted by Crippen LogP contribution is -2.39. The van der Waals surface area contributed by atoms with Crippen LogP contribution in [0, 0.1) is 0 Å². The zero-order valence-electron chi connectivity index (χ0n) is 12.3. The van der Waals surface area contributed by atoms with Gasteiger partial charge in [-0.25, -0.2) is 0 Å². The van der Waals surface area contributed by atoms with Crippen molar-refractivity contribution in [2.75, 3.05) is 6.54 Å². The molecule has 0 saturated heterocycles. The lowest BCUT2D eigenvalue weighted by molar-refractivity contribution is 0.0684. The molecule has 0 aromatic carbocycles. The summed E-state index contributed by atoms with van der Waals surface area (Å²) in [5.74, 6) is 0.0465. The number of unbranched alkanes of at least 4 members (excludes halogenated alkanes) is 1. The average Bonchev–Trinajstić information content (AvgIpc) is 2.94. The highest BCUT2D eigenvalue weighted by Crippen LogP contribution is 2.12. The molecular weight excluding hydrogens is 254 g/mol. The zero-order valence-corrected chi connectivity index (χ0v) is 12.3. The van der Waals surface area contributed by atoms with Gasteiger partial charge in [-0.2, -0.15) is 4.52 Å². The molecule has 0 saturated carbocycles. The lowest BCUT2D eigenvalue weighted by Gasteiger charge is -2.28. The predicted molar refractivity (Wildman–Crippen MR) is 76.5 cm³/mol. The molecule has 0 aliphatic heterocycles. The number of nitrogens with zero attached hydrogens (tertiary/aromatic N) is 5. The van der Waals surface area contributed by atoms with Crippen LogP contribution in [0.15, 0.2) is 18.3 Å². The predicted octanol–water partition coefficient (Wildman–Crippen LogP) is 2.17. The van der Waals surface area contributed by atoms with Crippen molar-refractivity contribution in [3.05, 3.63) is 23.9 Å². The third-order valence-corrected chi connectivity index (χ3v) is 3.57. The lowest BCUT2D eigenvalue weighted by atomic mass is 10.1. The molecule has 1 atom stereocenters. The molecular formula is C14H21N5O. The van der Waals surface area contributed by atoms with Crippen molar-refractivity contribution < 1.29 is 4.79 Å². The van der Waals surface area contributed by atoms with Crippen LogP contribution < -0.4 is 0 Å². The van der Waals surface area contributed by atoms with E-state index in [1.807, 2.05) is 4.90 Å². The van der Waals surface area contributed by atoms with Gasteiger partial charge >= 0.3 is 0 Å². The summed E-state index contributed by atoms with van der Waals surface area (Å²) in [6, 6.07) is 3.79. The highest BCUT2D eigenvalue weighted by atomic mass is 16.2. The van der Waals surface area contributed by atoms with Crippen molar-refractivity contribution in [3.63, 3.8) is 0 Å². The Kier molecular flexibility index (Phi) is 4.65. The van der Waals surface area contributed by atoms with Gasteiger partial charge in [-0.3, -0.25) is 4.79 Å². The minimum atomic E-state index is 0.0465. The average molecular weight is 275 g/mol. The topological polar surface area (TPSA) is 63.4 Å². The van der Waals surface area contributed by atoms with Gasteiger partial charge in [0.2, 0.25) is 0 Å². The number of carbonyl (C=O) groups is 1.